The van der Waals surface area contributed by atoms with Crippen molar-refractivity contribution >= 4 is 23.5 Å². The van der Waals surface area contributed by atoms with Gasteiger partial charge in [0.25, 0.3) is 0 Å². The van der Waals surface area contributed by atoms with Crippen molar-refractivity contribution in [1.82, 2.24) is 14.0 Å². The third-order valence-electron chi connectivity index (χ3n) is 7.51. The number of alkyl halides is 3. The third kappa shape index (κ3) is 3.96. The van der Waals surface area contributed by atoms with Crippen molar-refractivity contribution in [3.8, 4) is 21.0 Å². The largest absolute Gasteiger partial charge is 0.402 e. The summed E-state index contributed by atoms with van der Waals surface area (Å²) in [5.74, 6) is 0.357. The lowest BCUT2D eigenvalue weighted by molar-refractivity contribution is -0.135. The molecule has 1 spiro atoms. The Morgan fingerprint density at radius 2 is 1.82 bits per heavy atom. The van der Waals surface area contributed by atoms with Gasteiger partial charge in [-0.05, 0) is 60.8 Å². The number of rotatable bonds is 3. The van der Waals surface area contributed by atoms with E-state index in [2.05, 4.69) is 27.9 Å². The van der Waals surface area contributed by atoms with Crippen LogP contribution in [0.25, 0.3) is 21.0 Å². The number of halogens is 4. The molecule has 9 heteroatoms. The fourth-order valence-electron chi connectivity index (χ4n) is 5.91. The van der Waals surface area contributed by atoms with E-state index in [0.29, 0.717) is 23.9 Å². The quantitative estimate of drug-likeness (QED) is 0.324. The number of nitrogens with one attached hydrogen (secondary N) is 1. The van der Waals surface area contributed by atoms with Crippen LogP contribution in [-0.4, -0.2) is 34.1 Å². The van der Waals surface area contributed by atoms with Gasteiger partial charge < -0.3 is 0 Å². The molecule has 1 saturated heterocycles. The van der Waals surface area contributed by atoms with Gasteiger partial charge in [0.15, 0.2) is 0 Å². The second-order valence-electron chi connectivity index (χ2n) is 9.52. The molecule has 2 aromatic carbocycles. The van der Waals surface area contributed by atoms with Gasteiger partial charge in [0.05, 0.1) is 4.88 Å². The Hall–Kier alpha value is -1.94. The molecule has 178 valence electrons. The summed E-state index contributed by atoms with van der Waals surface area (Å²) in [4.78, 5) is 5.35. The lowest BCUT2D eigenvalue weighted by atomic mass is 9.79. The van der Waals surface area contributed by atoms with E-state index in [1.807, 2.05) is 6.07 Å². The molecule has 2 fully saturated rings. The van der Waals surface area contributed by atoms with Gasteiger partial charge >= 0.3 is 6.18 Å². The van der Waals surface area contributed by atoms with E-state index in [1.165, 1.54) is 32.8 Å². The maximum Gasteiger partial charge on any atom is 0.402 e. The van der Waals surface area contributed by atoms with Crippen LogP contribution in [0.3, 0.4) is 0 Å². The van der Waals surface area contributed by atoms with Crippen LogP contribution in [0.5, 0.6) is 0 Å². The van der Waals surface area contributed by atoms with Crippen LogP contribution in [0.4, 0.5) is 17.6 Å². The minimum atomic E-state index is -4.20. The zero-order chi connectivity index (χ0) is 23.5. The number of benzene rings is 2. The average Bonchev–Trinajstić information content (AvgIpc) is 3.47. The van der Waals surface area contributed by atoms with Gasteiger partial charge in [0, 0.05) is 41.5 Å². The molecule has 0 radical (unpaired) electrons. The summed E-state index contributed by atoms with van der Waals surface area (Å²) in [6.07, 6.45) is 1.30. The van der Waals surface area contributed by atoms with E-state index < -0.39 is 12.7 Å². The maximum atomic E-state index is 14.2. The van der Waals surface area contributed by atoms with Crippen LogP contribution in [-0.2, 0) is 12.8 Å². The highest BCUT2D eigenvalue weighted by atomic mass is 32.2. The Morgan fingerprint density at radius 1 is 1.06 bits per heavy atom. The summed E-state index contributed by atoms with van der Waals surface area (Å²) >= 11 is 2.61. The molecule has 2 aliphatic carbocycles. The molecule has 2 heterocycles. The SMILES string of the molecule is Fc1ccccc1-c1cnc(-c2ccc3c(c2)CC2CCC(C3)C23CN(CC(F)(F)F)SN3)s1. The van der Waals surface area contributed by atoms with E-state index in [1.54, 1.807) is 18.3 Å². The first-order valence-electron chi connectivity index (χ1n) is 11.4. The van der Waals surface area contributed by atoms with E-state index in [0.717, 1.165) is 53.3 Å². The Bertz CT molecular complexity index is 1230. The highest BCUT2D eigenvalue weighted by molar-refractivity contribution is 7.95. The van der Waals surface area contributed by atoms with Crippen LogP contribution in [0.2, 0.25) is 0 Å². The Labute approximate surface area is 203 Å². The van der Waals surface area contributed by atoms with Crippen LogP contribution in [0.15, 0.2) is 48.7 Å². The molecule has 2 bridgehead atoms. The summed E-state index contributed by atoms with van der Waals surface area (Å²) in [5.41, 5.74) is 3.81. The second kappa shape index (κ2) is 8.33. The molecule has 3 atom stereocenters. The van der Waals surface area contributed by atoms with Crippen LogP contribution in [0, 0.1) is 17.7 Å². The Balaban J connectivity index is 1.26. The highest BCUT2D eigenvalue weighted by Gasteiger charge is 2.56. The minimum absolute atomic E-state index is 0.262. The molecule has 1 saturated carbocycles. The van der Waals surface area contributed by atoms with Gasteiger partial charge in [-0.25, -0.2) is 18.4 Å². The van der Waals surface area contributed by atoms with Gasteiger partial charge in [-0.1, -0.05) is 30.3 Å². The summed E-state index contributed by atoms with van der Waals surface area (Å²) in [6, 6.07) is 13.1. The summed E-state index contributed by atoms with van der Waals surface area (Å²) < 4.78 is 58.1. The van der Waals surface area contributed by atoms with Gasteiger partial charge in [0.1, 0.15) is 17.4 Å². The van der Waals surface area contributed by atoms with Crippen molar-refractivity contribution in [2.75, 3.05) is 13.1 Å². The predicted octanol–water partition coefficient (Wildman–Crippen LogP) is 6.51. The van der Waals surface area contributed by atoms with Crippen molar-refractivity contribution < 1.29 is 17.6 Å². The predicted molar refractivity (Wildman–Crippen MR) is 128 cm³/mol. The highest BCUT2D eigenvalue weighted by Crippen LogP contribution is 2.52. The van der Waals surface area contributed by atoms with Gasteiger partial charge in [-0.3, -0.25) is 0 Å². The van der Waals surface area contributed by atoms with Gasteiger partial charge in [-0.2, -0.15) is 13.2 Å². The number of nitrogens with zero attached hydrogens (tertiary/aromatic N) is 2. The van der Waals surface area contributed by atoms with Crippen molar-refractivity contribution in [1.29, 1.82) is 0 Å². The molecule has 1 aromatic heterocycles. The molecule has 3 aliphatic rings. The van der Waals surface area contributed by atoms with Crippen molar-refractivity contribution in [3.63, 3.8) is 0 Å². The molecule has 1 N–H and O–H groups in total. The summed E-state index contributed by atoms with van der Waals surface area (Å²) in [7, 11) is 0. The van der Waals surface area contributed by atoms with Crippen molar-refractivity contribution in [2.45, 2.75) is 37.4 Å². The first-order valence-corrected chi connectivity index (χ1v) is 13.0. The maximum absolute atomic E-state index is 14.2. The first-order chi connectivity index (χ1) is 16.3. The number of thiazole rings is 1. The molecular weight excluding hydrogens is 482 g/mol. The van der Waals surface area contributed by atoms with Gasteiger partial charge in [0.2, 0.25) is 0 Å². The van der Waals surface area contributed by atoms with Crippen LogP contribution >= 0.6 is 23.5 Å². The zero-order valence-corrected chi connectivity index (χ0v) is 19.9. The lowest BCUT2D eigenvalue weighted by Gasteiger charge is -2.34. The first kappa shape index (κ1) is 22.5. The van der Waals surface area contributed by atoms with Crippen molar-refractivity contribution in [3.05, 3.63) is 65.6 Å². The summed E-state index contributed by atoms with van der Waals surface area (Å²) in [6.45, 7) is -0.469. The second-order valence-corrected chi connectivity index (χ2v) is 11.5. The molecule has 3 nitrogen and oxygen atoms in total. The smallest absolute Gasteiger partial charge is 0.244 e. The molecule has 0 amide bonds. The fraction of sp³-hybridized carbons (Fsp3) is 0.400. The Morgan fingerprint density at radius 3 is 2.59 bits per heavy atom. The molecule has 1 aliphatic heterocycles. The topological polar surface area (TPSA) is 28.2 Å². The van der Waals surface area contributed by atoms with Crippen LogP contribution in [0.1, 0.15) is 24.0 Å². The van der Waals surface area contributed by atoms with E-state index in [4.69, 9.17) is 0 Å². The zero-order valence-electron chi connectivity index (χ0n) is 18.2. The minimum Gasteiger partial charge on any atom is -0.244 e. The molecule has 3 unspecified atom stereocenters. The van der Waals surface area contributed by atoms with E-state index in [-0.39, 0.29) is 11.4 Å². The third-order valence-corrected chi connectivity index (χ3v) is 9.58. The van der Waals surface area contributed by atoms with Gasteiger partial charge in [-0.15, -0.1) is 11.3 Å². The monoisotopic (exact) mass is 505 g/mol. The fourth-order valence-corrected chi connectivity index (χ4v) is 8.04. The Kier molecular flexibility index (Phi) is 5.51. The molecule has 6 rings (SSSR count). The van der Waals surface area contributed by atoms with Crippen molar-refractivity contribution in [2.24, 2.45) is 11.8 Å². The molecule has 3 aromatic rings. The number of hydrogen-bond acceptors (Lipinski definition) is 5. The lowest BCUT2D eigenvalue weighted by Crippen LogP contribution is -2.51. The molecular formula is C25H23F4N3S2. The summed E-state index contributed by atoms with van der Waals surface area (Å²) in [5, 5.41) is 0.844. The van der Waals surface area contributed by atoms with E-state index >= 15 is 0 Å². The van der Waals surface area contributed by atoms with Crippen LogP contribution < -0.4 is 4.72 Å². The van der Waals surface area contributed by atoms with E-state index in [9.17, 15) is 17.6 Å². The molecule has 34 heavy (non-hydrogen) atoms. The average molecular weight is 506 g/mol. The number of hydrogen-bond donors (Lipinski definition) is 1. The number of fused-ring (bicyclic) bond motifs is 1. The standard InChI is InChI=1S/C25H23F4N3S2/c26-21-4-2-1-3-20(21)22-12-30-23(33-22)16-6-5-15-10-18-7-8-19(11-17(15)9-16)24(18)13-32(34-31-24)14-25(27,28)29/h1-6,9,12,18-19,31H,7-8,10-11,13-14H2. The normalized spacial score (nSPS) is 26.7. The number of aromatic nitrogens is 1.